The van der Waals surface area contributed by atoms with Crippen molar-refractivity contribution in [2.24, 2.45) is 0 Å². The fourth-order valence-corrected chi connectivity index (χ4v) is 2.67. The van der Waals surface area contributed by atoms with Crippen LogP contribution >= 0.6 is 11.6 Å². The van der Waals surface area contributed by atoms with E-state index < -0.39 is 0 Å². The maximum Gasteiger partial charge on any atom is 0.409 e. The first kappa shape index (κ1) is 16.0. The van der Waals surface area contributed by atoms with Crippen molar-refractivity contribution in [2.45, 2.75) is 12.3 Å². The molecular weight excluding hydrogens is 295 g/mol. The average Bonchev–Trinajstić information content (AvgIpc) is 2.49. The smallest absolute Gasteiger partial charge is 0.409 e. The van der Waals surface area contributed by atoms with Crippen LogP contribution in [0.5, 0.6) is 0 Å². The fraction of sp³-hybridized carbons (Fsp3) is 0.533. The van der Waals surface area contributed by atoms with Crippen molar-refractivity contribution < 1.29 is 13.9 Å². The summed E-state index contributed by atoms with van der Waals surface area (Å²) in [7, 11) is 0. The number of amides is 1. The van der Waals surface area contributed by atoms with E-state index in [2.05, 4.69) is 4.90 Å². The van der Waals surface area contributed by atoms with Gasteiger partial charge < -0.3 is 9.64 Å². The number of hydrogen-bond acceptors (Lipinski definition) is 3. The molecule has 1 aromatic carbocycles. The van der Waals surface area contributed by atoms with Crippen molar-refractivity contribution >= 4 is 17.7 Å². The van der Waals surface area contributed by atoms with Gasteiger partial charge in [0.05, 0.1) is 12.0 Å². The van der Waals surface area contributed by atoms with E-state index >= 15 is 0 Å². The lowest BCUT2D eigenvalue weighted by atomic mass is 10.1. The fourth-order valence-electron chi connectivity index (χ4n) is 2.33. The van der Waals surface area contributed by atoms with Gasteiger partial charge >= 0.3 is 6.09 Å². The number of piperazine rings is 1. The number of hydrogen-bond donors (Lipinski definition) is 0. The predicted molar refractivity (Wildman–Crippen MR) is 80.0 cm³/mol. The summed E-state index contributed by atoms with van der Waals surface area (Å²) in [6, 6.07) is 6.26. The van der Waals surface area contributed by atoms with Gasteiger partial charge in [-0.3, -0.25) is 4.90 Å². The van der Waals surface area contributed by atoms with Gasteiger partial charge in [-0.1, -0.05) is 12.1 Å². The van der Waals surface area contributed by atoms with Gasteiger partial charge in [0.1, 0.15) is 5.82 Å². The Kier molecular flexibility index (Phi) is 5.82. The third-order valence-corrected chi connectivity index (χ3v) is 3.94. The van der Waals surface area contributed by atoms with Gasteiger partial charge in [0.15, 0.2) is 0 Å². The number of carbonyl (C=O) groups is 1. The lowest BCUT2D eigenvalue weighted by Crippen LogP contribution is -2.49. The monoisotopic (exact) mass is 314 g/mol. The SMILES string of the molecule is CCOC(=O)N1CCN(C[C@@H](Cl)c2ccc(F)cc2)CC1. The van der Waals surface area contributed by atoms with Gasteiger partial charge in [0.25, 0.3) is 0 Å². The molecule has 0 unspecified atom stereocenters. The summed E-state index contributed by atoms with van der Waals surface area (Å²) in [5.41, 5.74) is 0.908. The van der Waals surface area contributed by atoms with Crippen molar-refractivity contribution in [3.8, 4) is 0 Å². The van der Waals surface area contributed by atoms with E-state index in [0.717, 1.165) is 18.7 Å². The molecule has 0 bridgehead atoms. The molecule has 116 valence electrons. The molecule has 2 rings (SSSR count). The quantitative estimate of drug-likeness (QED) is 0.801. The van der Waals surface area contributed by atoms with Crippen LogP contribution in [0.4, 0.5) is 9.18 Å². The molecule has 1 atom stereocenters. The zero-order chi connectivity index (χ0) is 15.2. The summed E-state index contributed by atoms with van der Waals surface area (Å²) in [6.45, 7) is 5.70. The highest BCUT2D eigenvalue weighted by molar-refractivity contribution is 6.21. The standard InChI is InChI=1S/C15H20ClFN2O2/c1-2-21-15(20)19-9-7-18(8-10-19)11-14(16)12-3-5-13(17)6-4-12/h3-6,14H,2,7-11H2,1H3/t14-/m1/s1. The Labute approximate surface area is 129 Å². The van der Waals surface area contributed by atoms with Crippen molar-refractivity contribution in [3.05, 3.63) is 35.6 Å². The van der Waals surface area contributed by atoms with Crippen LogP contribution in [0.3, 0.4) is 0 Å². The zero-order valence-electron chi connectivity index (χ0n) is 12.1. The second-order valence-corrected chi connectivity index (χ2v) is 5.53. The molecule has 1 aliphatic heterocycles. The normalized spacial score (nSPS) is 17.6. The average molecular weight is 315 g/mol. The van der Waals surface area contributed by atoms with E-state index in [0.29, 0.717) is 26.2 Å². The van der Waals surface area contributed by atoms with Crippen LogP contribution in [-0.2, 0) is 4.74 Å². The molecule has 1 aromatic rings. The lowest BCUT2D eigenvalue weighted by Gasteiger charge is -2.34. The molecule has 1 amide bonds. The number of rotatable bonds is 4. The topological polar surface area (TPSA) is 32.8 Å². The number of halogens is 2. The van der Waals surface area contributed by atoms with Crippen LogP contribution in [0.25, 0.3) is 0 Å². The van der Waals surface area contributed by atoms with Crippen molar-refractivity contribution in [1.82, 2.24) is 9.80 Å². The Balaban J connectivity index is 1.80. The largest absolute Gasteiger partial charge is 0.450 e. The summed E-state index contributed by atoms with van der Waals surface area (Å²) < 4.78 is 17.9. The molecule has 0 aliphatic carbocycles. The van der Waals surface area contributed by atoms with Gasteiger partial charge in [-0.05, 0) is 24.6 Å². The highest BCUT2D eigenvalue weighted by Gasteiger charge is 2.23. The molecule has 0 spiro atoms. The molecule has 1 aliphatic rings. The van der Waals surface area contributed by atoms with Crippen LogP contribution < -0.4 is 0 Å². The Morgan fingerprint density at radius 2 is 1.90 bits per heavy atom. The molecule has 6 heteroatoms. The van der Waals surface area contributed by atoms with Gasteiger partial charge in [0.2, 0.25) is 0 Å². The second-order valence-electron chi connectivity index (χ2n) is 5.01. The maximum atomic E-state index is 12.9. The van der Waals surface area contributed by atoms with Crippen molar-refractivity contribution in [3.63, 3.8) is 0 Å². The molecule has 0 N–H and O–H groups in total. The minimum absolute atomic E-state index is 0.181. The number of benzene rings is 1. The molecule has 0 saturated carbocycles. The molecule has 0 aromatic heterocycles. The summed E-state index contributed by atoms with van der Waals surface area (Å²) in [6.07, 6.45) is -0.252. The molecule has 1 saturated heterocycles. The first-order chi connectivity index (χ1) is 10.1. The van der Waals surface area contributed by atoms with Crippen LogP contribution in [0.1, 0.15) is 17.9 Å². The molecule has 1 heterocycles. The molecule has 4 nitrogen and oxygen atoms in total. The Bertz CT molecular complexity index is 461. The maximum absolute atomic E-state index is 12.9. The Hall–Kier alpha value is -1.33. The van der Waals surface area contributed by atoms with E-state index in [1.165, 1.54) is 12.1 Å². The molecule has 1 fully saturated rings. The van der Waals surface area contributed by atoms with Crippen LogP contribution in [0.15, 0.2) is 24.3 Å². The molecule has 21 heavy (non-hydrogen) atoms. The number of ether oxygens (including phenoxy) is 1. The summed E-state index contributed by atoms with van der Waals surface area (Å²) in [4.78, 5) is 15.5. The molecular formula is C15H20ClFN2O2. The summed E-state index contributed by atoms with van der Waals surface area (Å²) >= 11 is 6.37. The second kappa shape index (κ2) is 7.61. The van der Waals surface area contributed by atoms with Crippen LogP contribution in [-0.4, -0.2) is 55.2 Å². The molecule has 0 radical (unpaired) electrons. The third-order valence-electron chi connectivity index (χ3n) is 3.55. The van der Waals surface area contributed by atoms with Gasteiger partial charge in [0, 0.05) is 32.7 Å². The first-order valence-electron chi connectivity index (χ1n) is 7.13. The highest BCUT2D eigenvalue weighted by atomic mass is 35.5. The lowest BCUT2D eigenvalue weighted by molar-refractivity contribution is 0.0796. The Morgan fingerprint density at radius 3 is 2.48 bits per heavy atom. The number of carbonyl (C=O) groups excluding carboxylic acids is 1. The first-order valence-corrected chi connectivity index (χ1v) is 7.57. The minimum atomic E-state index is -0.259. The van der Waals surface area contributed by atoms with E-state index in [1.54, 1.807) is 24.0 Å². The summed E-state index contributed by atoms with van der Waals surface area (Å²) in [5.74, 6) is -0.259. The van der Waals surface area contributed by atoms with Crippen molar-refractivity contribution in [1.29, 1.82) is 0 Å². The van der Waals surface area contributed by atoms with Gasteiger partial charge in [-0.2, -0.15) is 0 Å². The van der Waals surface area contributed by atoms with E-state index in [4.69, 9.17) is 16.3 Å². The minimum Gasteiger partial charge on any atom is -0.450 e. The van der Waals surface area contributed by atoms with Crippen LogP contribution in [0.2, 0.25) is 0 Å². The number of alkyl halides is 1. The number of nitrogens with zero attached hydrogens (tertiary/aromatic N) is 2. The Morgan fingerprint density at radius 1 is 1.29 bits per heavy atom. The van der Waals surface area contributed by atoms with E-state index in [1.807, 2.05) is 0 Å². The van der Waals surface area contributed by atoms with Gasteiger partial charge in [-0.15, -0.1) is 11.6 Å². The van der Waals surface area contributed by atoms with Crippen molar-refractivity contribution in [2.75, 3.05) is 39.3 Å². The third kappa shape index (κ3) is 4.58. The highest BCUT2D eigenvalue weighted by Crippen LogP contribution is 2.22. The zero-order valence-corrected chi connectivity index (χ0v) is 12.9. The predicted octanol–water partition coefficient (Wildman–Crippen LogP) is 2.88. The summed E-state index contributed by atoms with van der Waals surface area (Å²) in [5, 5.41) is -0.181. The van der Waals surface area contributed by atoms with Gasteiger partial charge in [-0.25, -0.2) is 9.18 Å². The van der Waals surface area contributed by atoms with Crippen LogP contribution in [0, 0.1) is 5.82 Å². The van der Waals surface area contributed by atoms with E-state index in [-0.39, 0.29) is 17.3 Å². The van der Waals surface area contributed by atoms with E-state index in [9.17, 15) is 9.18 Å².